The summed E-state index contributed by atoms with van der Waals surface area (Å²) in [6, 6.07) is 1.67. The molecule has 11 heteroatoms. The Hall–Kier alpha value is -3.02. The van der Waals surface area contributed by atoms with E-state index in [-0.39, 0.29) is 18.4 Å². The van der Waals surface area contributed by atoms with Crippen LogP contribution in [0.25, 0.3) is 0 Å². The number of fused-ring (bicyclic) bond motifs is 6. The van der Waals surface area contributed by atoms with Crippen LogP contribution in [-0.4, -0.2) is 69.5 Å². The average Bonchev–Trinajstić information content (AvgIpc) is 3.50. The highest BCUT2D eigenvalue weighted by Gasteiger charge is 2.90. The van der Waals surface area contributed by atoms with E-state index in [1.807, 2.05) is 6.92 Å². The van der Waals surface area contributed by atoms with Crippen LogP contribution in [-0.2, 0) is 33.4 Å². The molecule has 40 heavy (non-hydrogen) atoms. The van der Waals surface area contributed by atoms with Crippen molar-refractivity contribution < 1.29 is 53.1 Å². The molecule has 4 fully saturated rings. The van der Waals surface area contributed by atoms with Gasteiger partial charge in [-0.2, -0.15) is 0 Å². The largest absolute Gasteiger partial charge is 0.472 e. The maximum atomic E-state index is 14.0. The molecule has 3 N–H and O–H groups in total. The Labute approximate surface area is 230 Å². The van der Waals surface area contributed by atoms with Crippen molar-refractivity contribution in [2.24, 2.45) is 34.0 Å². The molecular weight excluding hydrogens is 524 g/mol. The predicted molar refractivity (Wildman–Crippen MR) is 133 cm³/mol. The lowest BCUT2D eigenvalue weighted by Gasteiger charge is -2.58. The van der Waals surface area contributed by atoms with Gasteiger partial charge in [0.1, 0.15) is 17.8 Å². The van der Waals surface area contributed by atoms with Gasteiger partial charge in [0, 0.05) is 53.1 Å². The van der Waals surface area contributed by atoms with Crippen molar-refractivity contribution in [1.29, 1.82) is 0 Å². The Morgan fingerprint density at radius 3 is 2.48 bits per heavy atom. The number of aliphatic hydroxyl groups excluding tert-OH is 2. The number of cyclic esters (lactones) is 1. The molecule has 5 aliphatic rings. The molecule has 0 saturated heterocycles. The van der Waals surface area contributed by atoms with Gasteiger partial charge >= 0.3 is 17.9 Å². The zero-order valence-electron chi connectivity index (χ0n) is 23.0. The van der Waals surface area contributed by atoms with E-state index < -0.39 is 87.2 Å². The highest BCUT2D eigenvalue weighted by atomic mass is 16.6. The summed E-state index contributed by atoms with van der Waals surface area (Å²) in [5.74, 6) is -6.46. The summed E-state index contributed by atoms with van der Waals surface area (Å²) in [4.78, 5) is 52.5. The monoisotopic (exact) mass is 558 g/mol. The van der Waals surface area contributed by atoms with E-state index >= 15 is 0 Å². The number of carbonyl (C=O) groups excluding carboxylic acids is 4. The third-order valence-corrected chi connectivity index (χ3v) is 11.3. The van der Waals surface area contributed by atoms with Gasteiger partial charge < -0.3 is 33.9 Å². The molecule has 1 aliphatic heterocycles. The third kappa shape index (κ3) is 2.81. The molecular formula is C29H34O11. The summed E-state index contributed by atoms with van der Waals surface area (Å²) in [5, 5.41) is 36.1. The van der Waals surface area contributed by atoms with E-state index in [4.69, 9.17) is 18.6 Å². The van der Waals surface area contributed by atoms with E-state index in [1.54, 1.807) is 19.9 Å². The molecule has 0 amide bonds. The number of aliphatic hydroxyl groups is 3. The standard InChI is InChI=1S/C29H34O11/c1-13(30)40-28-12-26(3)20(19(33)24(35)37-5)27(28,4)15-6-8-25(2)16(29(15,36)21(28)18(32)22(26)34)10-17(31)39-23(25)14-7-9-38-11-14/h7,9-11,15,18-21,23,32-33,36H,6,8,12H2,1-5H3. The normalized spacial score (nSPS) is 47.5. The second-order valence-electron chi connectivity index (χ2n) is 12.9. The van der Waals surface area contributed by atoms with Gasteiger partial charge in [-0.1, -0.05) is 20.8 Å². The second kappa shape index (κ2) is 8.04. The smallest absolute Gasteiger partial charge is 0.335 e. The van der Waals surface area contributed by atoms with Crippen LogP contribution in [0.4, 0.5) is 0 Å². The van der Waals surface area contributed by atoms with E-state index in [9.17, 15) is 34.5 Å². The second-order valence-corrected chi connectivity index (χ2v) is 12.9. The first-order chi connectivity index (χ1) is 18.6. The van der Waals surface area contributed by atoms with Crippen molar-refractivity contribution in [3.05, 3.63) is 35.8 Å². The summed E-state index contributed by atoms with van der Waals surface area (Å²) in [6.45, 7) is 6.30. The molecule has 0 spiro atoms. The number of carbonyl (C=O) groups is 4. The van der Waals surface area contributed by atoms with Crippen molar-refractivity contribution in [2.45, 2.75) is 76.5 Å². The SMILES string of the molecule is COC(=O)C(O)C1C2(C)CC3(OC(C)=O)C(C(O)C2=O)C2(O)C4=CC(=O)OC(c5ccoc5)C4(C)CCC2C13C. The zero-order valence-corrected chi connectivity index (χ0v) is 23.0. The Balaban J connectivity index is 1.64. The summed E-state index contributed by atoms with van der Waals surface area (Å²) < 4.78 is 22.0. The van der Waals surface area contributed by atoms with Crippen LogP contribution in [0.2, 0.25) is 0 Å². The number of furan rings is 1. The summed E-state index contributed by atoms with van der Waals surface area (Å²) in [7, 11) is 1.12. The minimum absolute atomic E-state index is 0.131. The van der Waals surface area contributed by atoms with Crippen LogP contribution in [0, 0.1) is 34.0 Å². The summed E-state index contributed by atoms with van der Waals surface area (Å²) in [5.41, 5.74) is -6.70. The summed E-state index contributed by atoms with van der Waals surface area (Å²) >= 11 is 0. The lowest BCUT2D eigenvalue weighted by molar-refractivity contribution is -0.200. The van der Waals surface area contributed by atoms with Crippen molar-refractivity contribution in [2.75, 3.05) is 7.11 Å². The maximum absolute atomic E-state index is 14.0. The van der Waals surface area contributed by atoms with Gasteiger partial charge in [0.2, 0.25) is 0 Å². The lowest BCUT2D eigenvalue weighted by Crippen LogP contribution is -2.66. The van der Waals surface area contributed by atoms with E-state index in [1.165, 1.54) is 25.5 Å². The Morgan fingerprint density at radius 2 is 1.88 bits per heavy atom. The third-order valence-electron chi connectivity index (χ3n) is 11.3. The maximum Gasteiger partial charge on any atom is 0.335 e. The number of rotatable bonds is 4. The molecule has 6 rings (SSSR count). The fourth-order valence-electron chi connectivity index (χ4n) is 10.1. The lowest BCUT2D eigenvalue weighted by atomic mass is 9.49. The van der Waals surface area contributed by atoms with E-state index in [2.05, 4.69) is 0 Å². The number of ether oxygens (including phenoxy) is 3. The number of ketones is 1. The number of hydrogen-bond donors (Lipinski definition) is 3. The molecule has 1 aromatic heterocycles. The fourth-order valence-corrected chi connectivity index (χ4v) is 10.1. The van der Waals surface area contributed by atoms with Crippen molar-refractivity contribution in [3.63, 3.8) is 0 Å². The Morgan fingerprint density at radius 1 is 1.18 bits per heavy atom. The number of methoxy groups -OCH3 is 1. The fraction of sp³-hybridized carbons (Fsp3) is 0.655. The van der Waals surface area contributed by atoms with Crippen LogP contribution in [0.5, 0.6) is 0 Å². The number of esters is 3. The first-order valence-electron chi connectivity index (χ1n) is 13.5. The average molecular weight is 559 g/mol. The molecule has 4 aliphatic carbocycles. The first kappa shape index (κ1) is 27.2. The van der Waals surface area contributed by atoms with Gasteiger partial charge in [0.15, 0.2) is 11.9 Å². The topological polar surface area (TPSA) is 170 Å². The first-order valence-corrected chi connectivity index (χ1v) is 13.5. The van der Waals surface area contributed by atoms with Crippen molar-refractivity contribution >= 4 is 23.7 Å². The Bertz CT molecular complexity index is 1350. The van der Waals surface area contributed by atoms with Crippen LogP contribution in [0.15, 0.2) is 34.7 Å². The zero-order chi connectivity index (χ0) is 29.2. The predicted octanol–water partition coefficient (Wildman–Crippen LogP) is 1.39. The van der Waals surface area contributed by atoms with Crippen LogP contribution in [0.3, 0.4) is 0 Å². The number of hydrogen-bond acceptors (Lipinski definition) is 11. The Kier molecular flexibility index (Phi) is 5.46. The van der Waals surface area contributed by atoms with Gasteiger partial charge in [-0.05, 0) is 24.5 Å². The molecule has 2 bridgehead atoms. The molecule has 11 unspecified atom stereocenters. The van der Waals surface area contributed by atoms with Gasteiger partial charge in [0.05, 0.1) is 31.2 Å². The van der Waals surface area contributed by atoms with Crippen molar-refractivity contribution in [3.8, 4) is 0 Å². The highest BCUT2D eigenvalue weighted by Crippen LogP contribution is 2.82. The molecule has 216 valence electrons. The minimum atomic E-state index is -2.04. The highest BCUT2D eigenvalue weighted by molar-refractivity contribution is 5.94. The summed E-state index contributed by atoms with van der Waals surface area (Å²) in [6.07, 6.45) is 0.204. The van der Waals surface area contributed by atoms with Gasteiger partial charge in [-0.3, -0.25) is 9.59 Å². The molecule has 0 radical (unpaired) electrons. The van der Waals surface area contributed by atoms with Crippen LogP contribution < -0.4 is 0 Å². The van der Waals surface area contributed by atoms with E-state index in [0.717, 1.165) is 7.11 Å². The van der Waals surface area contributed by atoms with Gasteiger partial charge in [-0.15, -0.1) is 0 Å². The minimum Gasteiger partial charge on any atom is -0.472 e. The van der Waals surface area contributed by atoms with Crippen molar-refractivity contribution in [1.82, 2.24) is 0 Å². The molecule has 4 saturated carbocycles. The molecule has 11 nitrogen and oxygen atoms in total. The van der Waals surface area contributed by atoms with Gasteiger partial charge in [0.25, 0.3) is 0 Å². The molecule has 1 aromatic rings. The quantitative estimate of drug-likeness (QED) is 0.360. The van der Waals surface area contributed by atoms with Crippen LogP contribution in [0.1, 0.15) is 58.6 Å². The molecule has 0 aromatic carbocycles. The van der Waals surface area contributed by atoms with Crippen LogP contribution >= 0.6 is 0 Å². The van der Waals surface area contributed by atoms with E-state index in [0.29, 0.717) is 12.0 Å². The van der Waals surface area contributed by atoms with Gasteiger partial charge in [-0.25, -0.2) is 9.59 Å². The molecule has 11 atom stereocenters. The molecule has 2 heterocycles. The number of Topliss-reactive ketones (excluding diaryl/α,β-unsaturated/α-hetero) is 1.